The number of non-ortho nitro benzene ring substituents is 1. The second-order valence-electron chi connectivity index (χ2n) is 6.08. The number of nitrogens with zero attached hydrogens (tertiary/aromatic N) is 1. The molecule has 0 aliphatic heterocycles. The molecule has 2 rings (SSSR count). The number of hydrogen-bond donors (Lipinski definition) is 1. The number of ether oxygens (including phenoxy) is 3. The van der Waals surface area contributed by atoms with Crippen LogP contribution in [0.2, 0.25) is 0 Å². The van der Waals surface area contributed by atoms with Gasteiger partial charge in [0.2, 0.25) is 0 Å². The molecule has 2 aromatic carbocycles. The highest BCUT2D eigenvalue weighted by Crippen LogP contribution is 2.25. The van der Waals surface area contributed by atoms with Crippen molar-refractivity contribution in [2.75, 3.05) is 21.3 Å². The molecule has 30 heavy (non-hydrogen) atoms. The highest BCUT2D eigenvalue weighted by molar-refractivity contribution is 5.99. The van der Waals surface area contributed by atoms with Crippen molar-refractivity contribution in [3.8, 4) is 5.75 Å². The zero-order chi connectivity index (χ0) is 22.3. The van der Waals surface area contributed by atoms with Gasteiger partial charge in [0.05, 0.1) is 31.8 Å². The molecule has 0 saturated heterocycles. The Morgan fingerprint density at radius 1 is 1.03 bits per heavy atom. The molecule has 0 heterocycles. The Balaban J connectivity index is 2.31. The summed E-state index contributed by atoms with van der Waals surface area (Å²) in [6.07, 6.45) is -0.111. The lowest BCUT2D eigenvalue weighted by Crippen LogP contribution is -2.43. The van der Waals surface area contributed by atoms with Crippen LogP contribution in [0, 0.1) is 10.1 Å². The number of nitrogens with one attached hydrogen (secondary N) is 1. The summed E-state index contributed by atoms with van der Waals surface area (Å²) in [5, 5.41) is 13.6. The number of rotatable bonds is 8. The summed E-state index contributed by atoms with van der Waals surface area (Å²) in [6, 6.07) is 8.55. The third-order valence-electron chi connectivity index (χ3n) is 4.24. The van der Waals surface area contributed by atoms with Crippen molar-refractivity contribution >= 4 is 23.5 Å². The summed E-state index contributed by atoms with van der Waals surface area (Å²) in [5.74, 6) is -1.69. The largest absolute Gasteiger partial charge is 0.496 e. The van der Waals surface area contributed by atoms with Crippen molar-refractivity contribution in [1.29, 1.82) is 0 Å². The first kappa shape index (κ1) is 22.3. The molecule has 0 aromatic heterocycles. The summed E-state index contributed by atoms with van der Waals surface area (Å²) in [6.45, 7) is 0. The van der Waals surface area contributed by atoms with E-state index in [0.717, 1.165) is 7.11 Å². The summed E-state index contributed by atoms with van der Waals surface area (Å²) in [5.41, 5.74) is 0.440. The fraction of sp³-hybridized carbons (Fsp3) is 0.250. The van der Waals surface area contributed by atoms with Gasteiger partial charge in [-0.2, -0.15) is 0 Å². The molecule has 158 valence electrons. The van der Waals surface area contributed by atoms with E-state index in [9.17, 15) is 24.5 Å². The number of nitro groups is 1. The number of esters is 2. The lowest BCUT2D eigenvalue weighted by Gasteiger charge is -2.18. The van der Waals surface area contributed by atoms with Gasteiger partial charge >= 0.3 is 11.9 Å². The molecule has 1 atom stereocenters. The van der Waals surface area contributed by atoms with E-state index in [1.54, 1.807) is 0 Å². The second kappa shape index (κ2) is 10.0. The Morgan fingerprint density at radius 2 is 1.73 bits per heavy atom. The third-order valence-corrected chi connectivity index (χ3v) is 4.24. The number of carbonyl (C=O) groups excluding carboxylic acids is 3. The van der Waals surface area contributed by atoms with Crippen LogP contribution in [0.1, 0.15) is 26.3 Å². The maximum atomic E-state index is 12.6. The number of amides is 1. The zero-order valence-electron chi connectivity index (χ0n) is 16.5. The van der Waals surface area contributed by atoms with E-state index >= 15 is 0 Å². The van der Waals surface area contributed by atoms with Gasteiger partial charge in [-0.05, 0) is 24.3 Å². The number of methoxy groups -OCH3 is 3. The molecular weight excluding hydrogens is 396 g/mol. The van der Waals surface area contributed by atoms with Gasteiger partial charge in [-0.1, -0.05) is 6.07 Å². The maximum Gasteiger partial charge on any atom is 0.337 e. The zero-order valence-corrected chi connectivity index (χ0v) is 16.5. The highest BCUT2D eigenvalue weighted by atomic mass is 16.6. The standard InChI is InChI=1S/C20H20N2O8/c1-28-17-8-7-15(22(26)27)10-14(17)11-16(20(25)30-3)21-18(23)12-5-4-6-13(9-12)19(24)29-2/h4-10,16H,11H2,1-3H3,(H,21,23)/t16-/m1/s1. The molecule has 10 heteroatoms. The van der Waals surface area contributed by atoms with Crippen LogP contribution in [-0.4, -0.2) is 50.1 Å². The quantitative estimate of drug-likeness (QED) is 0.392. The van der Waals surface area contributed by atoms with Gasteiger partial charge in [-0.25, -0.2) is 9.59 Å². The van der Waals surface area contributed by atoms with Gasteiger partial charge in [-0.3, -0.25) is 14.9 Å². The first-order chi connectivity index (χ1) is 14.3. The maximum absolute atomic E-state index is 12.6. The van der Waals surface area contributed by atoms with Crippen LogP contribution in [0.4, 0.5) is 5.69 Å². The van der Waals surface area contributed by atoms with E-state index in [1.165, 1.54) is 56.7 Å². The Labute approximate surface area is 171 Å². The fourth-order valence-electron chi connectivity index (χ4n) is 2.74. The molecule has 0 aliphatic carbocycles. The topological polar surface area (TPSA) is 134 Å². The molecular formula is C20H20N2O8. The molecule has 0 radical (unpaired) electrons. The van der Waals surface area contributed by atoms with Gasteiger partial charge < -0.3 is 19.5 Å². The minimum absolute atomic E-state index is 0.111. The predicted molar refractivity (Wildman–Crippen MR) is 104 cm³/mol. The summed E-state index contributed by atoms with van der Waals surface area (Å²) < 4.78 is 14.6. The SMILES string of the molecule is COC(=O)c1cccc(C(=O)N[C@H](Cc2cc([N+](=O)[O-])ccc2OC)C(=O)OC)c1. The van der Waals surface area contributed by atoms with Crippen LogP contribution < -0.4 is 10.1 Å². The molecule has 0 fully saturated rings. The van der Waals surface area contributed by atoms with Crippen LogP contribution in [0.3, 0.4) is 0 Å². The van der Waals surface area contributed by atoms with Crippen molar-refractivity contribution in [3.05, 3.63) is 69.3 Å². The second-order valence-corrected chi connectivity index (χ2v) is 6.08. The van der Waals surface area contributed by atoms with Crippen LogP contribution in [0.25, 0.3) is 0 Å². The average molecular weight is 416 g/mol. The molecule has 2 aromatic rings. The lowest BCUT2D eigenvalue weighted by atomic mass is 10.0. The lowest BCUT2D eigenvalue weighted by molar-refractivity contribution is -0.384. The molecule has 10 nitrogen and oxygen atoms in total. The van der Waals surface area contributed by atoms with Crippen molar-refractivity contribution in [2.45, 2.75) is 12.5 Å². The van der Waals surface area contributed by atoms with Gasteiger partial charge in [0.1, 0.15) is 11.8 Å². The van der Waals surface area contributed by atoms with Gasteiger partial charge in [0.15, 0.2) is 0 Å². The number of nitro benzene ring substituents is 1. The van der Waals surface area contributed by atoms with Crippen LogP contribution in [0.5, 0.6) is 5.75 Å². The van der Waals surface area contributed by atoms with Crippen LogP contribution >= 0.6 is 0 Å². The Hall–Kier alpha value is -3.95. The Morgan fingerprint density at radius 3 is 2.33 bits per heavy atom. The molecule has 1 amide bonds. The molecule has 1 N–H and O–H groups in total. The number of carbonyl (C=O) groups is 3. The van der Waals surface area contributed by atoms with E-state index in [-0.39, 0.29) is 23.2 Å². The highest BCUT2D eigenvalue weighted by Gasteiger charge is 2.25. The molecule has 0 aliphatic rings. The Kier molecular flexibility index (Phi) is 7.45. The summed E-state index contributed by atoms with van der Waals surface area (Å²) in [7, 11) is 3.76. The van der Waals surface area contributed by atoms with Crippen molar-refractivity contribution in [3.63, 3.8) is 0 Å². The van der Waals surface area contributed by atoms with E-state index in [4.69, 9.17) is 9.47 Å². The first-order valence-electron chi connectivity index (χ1n) is 8.69. The van der Waals surface area contributed by atoms with E-state index in [2.05, 4.69) is 10.1 Å². The average Bonchev–Trinajstić information content (AvgIpc) is 2.77. The number of benzene rings is 2. The summed E-state index contributed by atoms with van der Waals surface area (Å²) >= 11 is 0. The molecule has 0 saturated carbocycles. The van der Waals surface area contributed by atoms with Gasteiger partial charge in [0.25, 0.3) is 11.6 Å². The molecule has 0 bridgehead atoms. The van der Waals surface area contributed by atoms with Crippen molar-refractivity contribution < 1.29 is 33.5 Å². The van der Waals surface area contributed by atoms with Crippen molar-refractivity contribution in [2.24, 2.45) is 0 Å². The predicted octanol–water partition coefficient (Wildman–Crippen LogP) is 1.90. The smallest absolute Gasteiger partial charge is 0.337 e. The summed E-state index contributed by atoms with van der Waals surface area (Å²) in [4.78, 5) is 47.0. The monoisotopic (exact) mass is 416 g/mol. The third kappa shape index (κ3) is 5.31. The van der Waals surface area contributed by atoms with Gasteiger partial charge in [-0.15, -0.1) is 0 Å². The van der Waals surface area contributed by atoms with Crippen LogP contribution in [-0.2, 0) is 20.7 Å². The molecule has 0 unspecified atom stereocenters. The molecule has 0 spiro atoms. The number of hydrogen-bond acceptors (Lipinski definition) is 8. The Bertz CT molecular complexity index is 973. The van der Waals surface area contributed by atoms with E-state index < -0.39 is 28.8 Å². The normalized spacial score (nSPS) is 11.2. The fourth-order valence-corrected chi connectivity index (χ4v) is 2.74. The van der Waals surface area contributed by atoms with Gasteiger partial charge in [0, 0.05) is 29.7 Å². The van der Waals surface area contributed by atoms with Crippen molar-refractivity contribution in [1.82, 2.24) is 5.32 Å². The van der Waals surface area contributed by atoms with E-state index in [1.807, 2.05) is 0 Å². The minimum Gasteiger partial charge on any atom is -0.496 e. The minimum atomic E-state index is -1.15. The van der Waals surface area contributed by atoms with Crippen LogP contribution in [0.15, 0.2) is 42.5 Å². The first-order valence-corrected chi connectivity index (χ1v) is 8.69. The van der Waals surface area contributed by atoms with E-state index in [0.29, 0.717) is 11.3 Å².